The predicted molar refractivity (Wildman–Crippen MR) is 81.6 cm³/mol. The van der Waals surface area contributed by atoms with Gasteiger partial charge in [-0.05, 0) is 29.8 Å². The van der Waals surface area contributed by atoms with Crippen molar-refractivity contribution in [2.75, 3.05) is 11.9 Å². The Morgan fingerprint density at radius 2 is 1.81 bits per heavy atom. The van der Waals surface area contributed by atoms with E-state index < -0.39 is 6.61 Å². The van der Waals surface area contributed by atoms with Gasteiger partial charge in [-0.3, -0.25) is 9.59 Å². The molecule has 0 radical (unpaired) electrons. The predicted octanol–water partition coefficient (Wildman–Crippen LogP) is 2.70. The summed E-state index contributed by atoms with van der Waals surface area (Å²) in [5.41, 5.74) is 1.73. The lowest BCUT2D eigenvalue weighted by Crippen LogP contribution is -2.15. The maximum Gasteiger partial charge on any atom is 0.228 e. The van der Waals surface area contributed by atoms with Crippen LogP contribution in [0.2, 0.25) is 5.02 Å². The molecule has 0 aliphatic rings. The Labute approximate surface area is 127 Å². The zero-order valence-electron chi connectivity index (χ0n) is 11.2. The van der Waals surface area contributed by atoms with Gasteiger partial charge in [-0.2, -0.15) is 0 Å². The SMILES string of the molecule is O=C(Cc1ccc(Cl)cc1)Nc1cccc(C(=O)CO)c1. The van der Waals surface area contributed by atoms with Gasteiger partial charge in [0.1, 0.15) is 6.61 Å². The molecule has 2 rings (SSSR count). The Hall–Kier alpha value is -2.17. The highest BCUT2D eigenvalue weighted by molar-refractivity contribution is 6.30. The molecule has 0 aromatic heterocycles. The molecule has 0 spiro atoms. The fraction of sp³-hybridized carbons (Fsp3) is 0.125. The maximum absolute atomic E-state index is 11.9. The van der Waals surface area contributed by atoms with Crippen molar-refractivity contribution in [1.29, 1.82) is 0 Å². The number of benzene rings is 2. The summed E-state index contributed by atoms with van der Waals surface area (Å²) in [4.78, 5) is 23.3. The molecule has 0 fully saturated rings. The fourth-order valence-corrected chi connectivity index (χ4v) is 1.98. The molecule has 21 heavy (non-hydrogen) atoms. The van der Waals surface area contributed by atoms with Gasteiger partial charge in [0.25, 0.3) is 0 Å². The van der Waals surface area contributed by atoms with Crippen molar-refractivity contribution >= 4 is 29.0 Å². The van der Waals surface area contributed by atoms with Gasteiger partial charge in [0.05, 0.1) is 6.42 Å². The molecule has 0 unspecified atom stereocenters. The molecule has 2 aromatic rings. The molecule has 0 aliphatic carbocycles. The zero-order valence-corrected chi connectivity index (χ0v) is 11.9. The summed E-state index contributed by atoms with van der Waals surface area (Å²) in [6.07, 6.45) is 0.218. The summed E-state index contributed by atoms with van der Waals surface area (Å²) >= 11 is 5.79. The van der Waals surface area contributed by atoms with E-state index in [4.69, 9.17) is 16.7 Å². The second kappa shape index (κ2) is 7.02. The van der Waals surface area contributed by atoms with Crippen molar-refractivity contribution < 1.29 is 14.7 Å². The van der Waals surface area contributed by atoms with E-state index in [2.05, 4.69) is 5.32 Å². The van der Waals surface area contributed by atoms with Crippen LogP contribution in [0.25, 0.3) is 0 Å². The standard InChI is InChI=1S/C16H14ClNO3/c17-13-6-4-11(5-7-13)8-16(21)18-14-3-1-2-12(9-14)15(20)10-19/h1-7,9,19H,8,10H2,(H,18,21). The highest BCUT2D eigenvalue weighted by Gasteiger charge is 2.07. The van der Waals surface area contributed by atoms with Crippen LogP contribution >= 0.6 is 11.6 Å². The molecule has 0 heterocycles. The molecule has 108 valence electrons. The average molecular weight is 304 g/mol. The monoisotopic (exact) mass is 303 g/mol. The van der Waals surface area contributed by atoms with Crippen LogP contribution < -0.4 is 5.32 Å². The summed E-state index contributed by atoms with van der Waals surface area (Å²) in [5, 5.41) is 12.2. The zero-order chi connectivity index (χ0) is 15.2. The number of carbonyl (C=O) groups is 2. The van der Waals surface area contributed by atoms with Crippen LogP contribution in [0.3, 0.4) is 0 Å². The van der Waals surface area contributed by atoms with Gasteiger partial charge in [0.15, 0.2) is 5.78 Å². The number of halogens is 1. The minimum atomic E-state index is -0.553. The van der Waals surface area contributed by atoms with Crippen molar-refractivity contribution in [3.8, 4) is 0 Å². The molecule has 0 atom stereocenters. The second-order valence-corrected chi connectivity index (χ2v) is 4.95. The smallest absolute Gasteiger partial charge is 0.228 e. The minimum Gasteiger partial charge on any atom is -0.388 e. The third-order valence-electron chi connectivity index (χ3n) is 2.89. The first-order chi connectivity index (χ1) is 10.1. The highest BCUT2D eigenvalue weighted by atomic mass is 35.5. The molecule has 2 N–H and O–H groups in total. The van der Waals surface area contributed by atoms with E-state index >= 15 is 0 Å². The largest absolute Gasteiger partial charge is 0.388 e. The van der Waals surface area contributed by atoms with Gasteiger partial charge in [-0.15, -0.1) is 0 Å². The molecule has 1 amide bonds. The van der Waals surface area contributed by atoms with E-state index in [0.717, 1.165) is 5.56 Å². The second-order valence-electron chi connectivity index (χ2n) is 4.51. The maximum atomic E-state index is 11.9. The van der Waals surface area contributed by atoms with Crippen LogP contribution in [0, 0.1) is 0 Å². The Bertz CT molecular complexity index is 653. The Morgan fingerprint density at radius 3 is 2.48 bits per heavy atom. The Morgan fingerprint density at radius 1 is 1.10 bits per heavy atom. The molecule has 5 heteroatoms. The summed E-state index contributed by atoms with van der Waals surface area (Å²) in [6, 6.07) is 13.5. The van der Waals surface area contributed by atoms with Gasteiger partial charge in [-0.1, -0.05) is 35.9 Å². The lowest BCUT2D eigenvalue weighted by molar-refractivity contribution is -0.115. The van der Waals surface area contributed by atoms with E-state index in [9.17, 15) is 9.59 Å². The van der Waals surface area contributed by atoms with Gasteiger partial charge in [0, 0.05) is 16.3 Å². The molecule has 2 aromatic carbocycles. The molecule has 0 saturated heterocycles. The third kappa shape index (κ3) is 4.41. The number of aliphatic hydroxyl groups is 1. The van der Waals surface area contributed by atoms with Crippen molar-refractivity contribution in [3.05, 3.63) is 64.7 Å². The lowest BCUT2D eigenvalue weighted by Gasteiger charge is -2.07. The first kappa shape index (κ1) is 15.2. The molecule has 0 aliphatic heterocycles. The van der Waals surface area contributed by atoms with Crippen molar-refractivity contribution in [3.63, 3.8) is 0 Å². The first-order valence-electron chi connectivity index (χ1n) is 6.37. The summed E-state index contributed by atoms with van der Waals surface area (Å²) in [6.45, 7) is -0.553. The molecule has 4 nitrogen and oxygen atoms in total. The highest BCUT2D eigenvalue weighted by Crippen LogP contribution is 2.13. The van der Waals surface area contributed by atoms with Crippen LogP contribution in [-0.2, 0) is 11.2 Å². The summed E-state index contributed by atoms with van der Waals surface area (Å²) in [7, 11) is 0. The Balaban J connectivity index is 2.02. The molecular formula is C16H14ClNO3. The van der Waals surface area contributed by atoms with Crippen LogP contribution in [0.1, 0.15) is 15.9 Å². The molecular weight excluding hydrogens is 290 g/mol. The van der Waals surface area contributed by atoms with E-state index in [1.165, 1.54) is 6.07 Å². The lowest BCUT2D eigenvalue weighted by atomic mass is 10.1. The van der Waals surface area contributed by atoms with Gasteiger partial charge >= 0.3 is 0 Å². The topological polar surface area (TPSA) is 66.4 Å². The van der Waals surface area contributed by atoms with E-state index in [-0.39, 0.29) is 18.1 Å². The van der Waals surface area contributed by atoms with Crippen molar-refractivity contribution in [1.82, 2.24) is 0 Å². The van der Waals surface area contributed by atoms with E-state index in [1.807, 2.05) is 0 Å². The van der Waals surface area contributed by atoms with Gasteiger partial charge < -0.3 is 10.4 Å². The summed E-state index contributed by atoms with van der Waals surface area (Å²) in [5.74, 6) is -0.574. The van der Waals surface area contributed by atoms with Crippen molar-refractivity contribution in [2.45, 2.75) is 6.42 Å². The number of anilines is 1. The number of aliphatic hydroxyl groups excluding tert-OH is 1. The quantitative estimate of drug-likeness (QED) is 0.835. The number of ketones is 1. The van der Waals surface area contributed by atoms with Crippen molar-refractivity contribution in [2.24, 2.45) is 0 Å². The summed E-state index contributed by atoms with van der Waals surface area (Å²) < 4.78 is 0. The van der Waals surface area contributed by atoms with Crippen LogP contribution in [0.4, 0.5) is 5.69 Å². The fourth-order valence-electron chi connectivity index (χ4n) is 1.85. The van der Waals surface area contributed by atoms with E-state index in [0.29, 0.717) is 16.3 Å². The van der Waals surface area contributed by atoms with E-state index in [1.54, 1.807) is 42.5 Å². The van der Waals surface area contributed by atoms with Crippen LogP contribution in [0.15, 0.2) is 48.5 Å². The minimum absolute atomic E-state index is 0.189. The van der Waals surface area contributed by atoms with Gasteiger partial charge in [-0.25, -0.2) is 0 Å². The number of Topliss-reactive ketones (excluding diaryl/α,β-unsaturated/α-hetero) is 1. The number of amides is 1. The first-order valence-corrected chi connectivity index (χ1v) is 6.74. The van der Waals surface area contributed by atoms with Gasteiger partial charge in [0.2, 0.25) is 5.91 Å². The average Bonchev–Trinajstić information content (AvgIpc) is 2.49. The number of hydrogen-bond donors (Lipinski definition) is 2. The number of hydrogen-bond acceptors (Lipinski definition) is 3. The number of nitrogens with one attached hydrogen (secondary N) is 1. The van der Waals surface area contributed by atoms with Crippen LogP contribution in [0.5, 0.6) is 0 Å². The molecule has 0 bridgehead atoms. The normalized spacial score (nSPS) is 10.2. The Kier molecular flexibility index (Phi) is 5.09. The number of carbonyl (C=O) groups excluding carboxylic acids is 2. The third-order valence-corrected chi connectivity index (χ3v) is 3.14. The number of rotatable bonds is 5. The molecule has 0 saturated carbocycles. The van der Waals surface area contributed by atoms with Crippen LogP contribution in [-0.4, -0.2) is 23.4 Å².